The second-order valence-corrected chi connectivity index (χ2v) is 2.05. The summed E-state index contributed by atoms with van der Waals surface area (Å²) < 4.78 is 4.18. The lowest BCUT2D eigenvalue weighted by Gasteiger charge is -1.95. The fourth-order valence-corrected chi connectivity index (χ4v) is 0.460. The number of hydrogen-bond donors (Lipinski definition) is 0. The Labute approximate surface area is 59.7 Å². The van der Waals surface area contributed by atoms with E-state index in [0.29, 0.717) is 5.57 Å². The second kappa shape index (κ2) is 3.82. The van der Waals surface area contributed by atoms with E-state index in [0.717, 1.165) is 0 Å². The van der Waals surface area contributed by atoms with Crippen molar-refractivity contribution in [2.24, 2.45) is 0 Å². The van der Waals surface area contributed by atoms with Crippen LogP contribution in [-0.4, -0.2) is 18.9 Å². The molecular weight excluding hydrogens is 132 g/mol. The number of methoxy groups -OCH3 is 1. The molecule has 0 aliphatic rings. The van der Waals surface area contributed by atoms with E-state index in [-0.39, 0.29) is 6.42 Å². The summed E-state index contributed by atoms with van der Waals surface area (Å²) in [6.07, 6.45) is 0.0761. The van der Waals surface area contributed by atoms with Crippen molar-refractivity contribution in [2.75, 3.05) is 7.11 Å². The van der Waals surface area contributed by atoms with E-state index in [9.17, 15) is 9.59 Å². The van der Waals surface area contributed by atoms with E-state index < -0.39 is 11.8 Å². The highest BCUT2D eigenvalue weighted by molar-refractivity contribution is 6.34. The molecule has 0 atom stereocenters. The SMILES string of the molecule is C=C(C)CC(=O)C(=O)OC. The zero-order chi connectivity index (χ0) is 8.15. The van der Waals surface area contributed by atoms with Crippen LogP contribution in [0.15, 0.2) is 12.2 Å². The Morgan fingerprint density at radius 1 is 1.50 bits per heavy atom. The molecule has 3 nitrogen and oxygen atoms in total. The standard InChI is InChI=1S/C7H10O3/c1-5(2)4-6(8)7(9)10-3/h1,4H2,2-3H3. The van der Waals surface area contributed by atoms with Crippen molar-refractivity contribution >= 4 is 11.8 Å². The van der Waals surface area contributed by atoms with Gasteiger partial charge in [0, 0.05) is 6.42 Å². The van der Waals surface area contributed by atoms with Crippen LogP contribution in [0, 0.1) is 0 Å². The number of esters is 1. The maximum Gasteiger partial charge on any atom is 0.374 e. The summed E-state index contributed by atoms with van der Waals surface area (Å²) in [6.45, 7) is 5.16. The van der Waals surface area contributed by atoms with Crippen molar-refractivity contribution in [3.8, 4) is 0 Å². The largest absolute Gasteiger partial charge is 0.463 e. The highest BCUT2D eigenvalue weighted by atomic mass is 16.5. The maximum absolute atomic E-state index is 10.6. The van der Waals surface area contributed by atoms with Crippen LogP contribution in [-0.2, 0) is 14.3 Å². The third-order valence-electron chi connectivity index (χ3n) is 0.875. The van der Waals surface area contributed by atoms with E-state index in [1.165, 1.54) is 7.11 Å². The second-order valence-electron chi connectivity index (χ2n) is 2.05. The number of carbonyl (C=O) groups excluding carboxylic acids is 2. The molecule has 10 heavy (non-hydrogen) atoms. The summed E-state index contributed by atoms with van der Waals surface area (Å²) >= 11 is 0. The van der Waals surface area contributed by atoms with Gasteiger partial charge in [-0.1, -0.05) is 12.2 Å². The average molecular weight is 142 g/mol. The fraction of sp³-hybridized carbons (Fsp3) is 0.429. The lowest BCUT2D eigenvalue weighted by Crippen LogP contribution is -2.15. The van der Waals surface area contributed by atoms with Gasteiger partial charge < -0.3 is 4.74 Å². The van der Waals surface area contributed by atoms with Gasteiger partial charge in [0.2, 0.25) is 5.78 Å². The topological polar surface area (TPSA) is 43.4 Å². The van der Waals surface area contributed by atoms with Crippen molar-refractivity contribution in [1.29, 1.82) is 0 Å². The summed E-state index contributed by atoms with van der Waals surface area (Å²) in [4.78, 5) is 21.1. The lowest BCUT2D eigenvalue weighted by molar-refractivity contribution is -0.151. The van der Waals surface area contributed by atoms with Crippen LogP contribution in [0.1, 0.15) is 13.3 Å². The predicted molar refractivity (Wildman–Crippen MR) is 36.5 cm³/mol. The number of Topliss-reactive ketones (excluding diaryl/α,β-unsaturated/α-hetero) is 1. The Bertz CT molecular complexity index is 170. The van der Waals surface area contributed by atoms with Gasteiger partial charge in [-0.25, -0.2) is 4.79 Å². The molecular formula is C7H10O3. The van der Waals surface area contributed by atoms with E-state index in [1.807, 2.05) is 0 Å². The van der Waals surface area contributed by atoms with Gasteiger partial charge in [0.1, 0.15) is 0 Å². The fourth-order valence-electron chi connectivity index (χ4n) is 0.460. The summed E-state index contributed by atoms with van der Waals surface area (Å²) in [5, 5.41) is 0. The normalized spacial score (nSPS) is 8.60. The van der Waals surface area contributed by atoms with Crippen LogP contribution in [0.2, 0.25) is 0 Å². The highest BCUT2D eigenvalue weighted by Gasteiger charge is 2.12. The molecule has 0 bridgehead atoms. The molecule has 0 saturated heterocycles. The number of carbonyl (C=O) groups is 2. The van der Waals surface area contributed by atoms with Gasteiger partial charge in [0.05, 0.1) is 7.11 Å². The molecule has 0 saturated carbocycles. The first-order chi connectivity index (χ1) is 4.57. The van der Waals surface area contributed by atoms with E-state index >= 15 is 0 Å². The van der Waals surface area contributed by atoms with Gasteiger partial charge >= 0.3 is 5.97 Å². The lowest BCUT2D eigenvalue weighted by atomic mass is 10.2. The molecule has 0 spiro atoms. The van der Waals surface area contributed by atoms with Crippen LogP contribution < -0.4 is 0 Å². The van der Waals surface area contributed by atoms with Crippen molar-refractivity contribution < 1.29 is 14.3 Å². The van der Waals surface area contributed by atoms with Gasteiger partial charge in [-0.15, -0.1) is 0 Å². The molecule has 0 aliphatic heterocycles. The van der Waals surface area contributed by atoms with Crippen molar-refractivity contribution in [3.05, 3.63) is 12.2 Å². The monoisotopic (exact) mass is 142 g/mol. The molecule has 0 N–H and O–H groups in total. The first-order valence-electron chi connectivity index (χ1n) is 2.83. The zero-order valence-corrected chi connectivity index (χ0v) is 6.14. The Kier molecular flexibility index (Phi) is 3.39. The number of ether oxygens (including phenoxy) is 1. The Balaban J connectivity index is 3.86. The van der Waals surface area contributed by atoms with Gasteiger partial charge in [0.25, 0.3) is 0 Å². The minimum atomic E-state index is -0.803. The minimum absolute atomic E-state index is 0.0761. The van der Waals surface area contributed by atoms with Gasteiger partial charge in [-0.3, -0.25) is 4.79 Å². The first-order valence-corrected chi connectivity index (χ1v) is 2.83. The number of hydrogen-bond acceptors (Lipinski definition) is 3. The molecule has 0 rings (SSSR count). The van der Waals surface area contributed by atoms with Crippen LogP contribution in [0.4, 0.5) is 0 Å². The molecule has 0 heterocycles. The number of ketones is 1. The first kappa shape index (κ1) is 8.88. The zero-order valence-electron chi connectivity index (χ0n) is 6.14. The molecule has 0 amide bonds. The Morgan fingerprint density at radius 3 is 2.30 bits per heavy atom. The molecule has 0 radical (unpaired) electrons. The van der Waals surface area contributed by atoms with Crippen molar-refractivity contribution in [3.63, 3.8) is 0 Å². The van der Waals surface area contributed by atoms with Crippen LogP contribution >= 0.6 is 0 Å². The molecule has 0 aromatic rings. The van der Waals surface area contributed by atoms with Crippen molar-refractivity contribution in [2.45, 2.75) is 13.3 Å². The average Bonchev–Trinajstić information content (AvgIpc) is 1.85. The molecule has 0 aromatic heterocycles. The van der Waals surface area contributed by atoms with E-state index in [2.05, 4.69) is 11.3 Å². The minimum Gasteiger partial charge on any atom is -0.463 e. The van der Waals surface area contributed by atoms with Gasteiger partial charge in [-0.05, 0) is 6.92 Å². The van der Waals surface area contributed by atoms with Crippen LogP contribution in [0.25, 0.3) is 0 Å². The predicted octanol–water partition coefficient (Wildman–Crippen LogP) is 0.695. The van der Waals surface area contributed by atoms with Gasteiger partial charge in [-0.2, -0.15) is 0 Å². The summed E-state index contributed by atoms with van der Waals surface area (Å²) in [7, 11) is 1.18. The quantitative estimate of drug-likeness (QED) is 0.331. The smallest absolute Gasteiger partial charge is 0.374 e. The number of allylic oxidation sites excluding steroid dienone is 1. The highest BCUT2D eigenvalue weighted by Crippen LogP contribution is 1.96. The summed E-state index contributed by atoms with van der Waals surface area (Å²) in [6, 6.07) is 0. The van der Waals surface area contributed by atoms with Crippen molar-refractivity contribution in [1.82, 2.24) is 0 Å². The molecule has 56 valence electrons. The van der Waals surface area contributed by atoms with Crippen LogP contribution in [0.3, 0.4) is 0 Å². The maximum atomic E-state index is 10.6. The summed E-state index contributed by atoms with van der Waals surface area (Å²) in [5.74, 6) is -1.35. The third kappa shape index (κ3) is 3.02. The third-order valence-corrected chi connectivity index (χ3v) is 0.875. The Morgan fingerprint density at radius 2 is 2.00 bits per heavy atom. The molecule has 0 fully saturated rings. The Hall–Kier alpha value is -1.12. The molecule has 3 heteroatoms. The molecule has 0 aromatic carbocycles. The van der Waals surface area contributed by atoms with E-state index in [1.54, 1.807) is 6.92 Å². The molecule has 0 unspecified atom stereocenters. The molecule has 0 aliphatic carbocycles. The van der Waals surface area contributed by atoms with Crippen LogP contribution in [0.5, 0.6) is 0 Å². The summed E-state index contributed by atoms with van der Waals surface area (Å²) in [5.41, 5.74) is 0.662. The van der Waals surface area contributed by atoms with Gasteiger partial charge in [0.15, 0.2) is 0 Å². The van der Waals surface area contributed by atoms with E-state index in [4.69, 9.17) is 0 Å². The number of rotatable bonds is 3.